The fraction of sp³-hybridized carbons (Fsp3) is 0.481. The van der Waals surface area contributed by atoms with Crippen molar-refractivity contribution in [3.63, 3.8) is 0 Å². The van der Waals surface area contributed by atoms with Crippen LogP contribution in [-0.4, -0.2) is 15.5 Å². The fourth-order valence-electron chi connectivity index (χ4n) is 5.59. The molecule has 0 radical (unpaired) electrons. The predicted molar refractivity (Wildman–Crippen MR) is 133 cm³/mol. The molecule has 1 amide bonds. The standard InChI is InChI=1S/C27H36N4O/c1-16(2)19-7-9-20(10-8-19)29-26-30-24-18(4)22(25(28)32)11-12-23(24)31(26)21-13-17(3)14-27(5,6)15-21/h7-12,16-17,21H,13-15H2,1-6H3,(H2,28,32)(H,29,30)/t17-,21+/m0/s1. The van der Waals surface area contributed by atoms with E-state index < -0.39 is 5.91 Å². The Morgan fingerprint density at radius 3 is 2.44 bits per heavy atom. The maximum absolute atomic E-state index is 11.9. The number of benzene rings is 2. The van der Waals surface area contributed by atoms with Crippen LogP contribution in [0, 0.1) is 18.3 Å². The smallest absolute Gasteiger partial charge is 0.249 e. The van der Waals surface area contributed by atoms with E-state index in [2.05, 4.69) is 68.8 Å². The number of aryl methyl sites for hydroxylation is 1. The van der Waals surface area contributed by atoms with Gasteiger partial charge in [0.15, 0.2) is 0 Å². The van der Waals surface area contributed by atoms with Gasteiger partial charge in [-0.25, -0.2) is 4.98 Å². The van der Waals surface area contributed by atoms with Crippen molar-refractivity contribution in [2.24, 2.45) is 17.1 Å². The summed E-state index contributed by atoms with van der Waals surface area (Å²) < 4.78 is 2.36. The SMILES string of the molecule is Cc1c(C(N)=O)ccc2c1nc(Nc1ccc(C(C)C)cc1)n2[C@@H]1C[C@H](C)CC(C)(C)C1. The number of anilines is 2. The van der Waals surface area contributed by atoms with Crippen LogP contribution in [0.15, 0.2) is 36.4 Å². The maximum atomic E-state index is 11.9. The zero-order valence-electron chi connectivity index (χ0n) is 20.2. The Balaban J connectivity index is 1.83. The third kappa shape index (κ3) is 4.25. The Labute approximate surface area is 191 Å². The summed E-state index contributed by atoms with van der Waals surface area (Å²) >= 11 is 0. The maximum Gasteiger partial charge on any atom is 0.249 e. The molecule has 2 atom stereocenters. The van der Waals surface area contributed by atoms with E-state index in [9.17, 15) is 4.79 Å². The molecule has 3 aromatic rings. The largest absolute Gasteiger partial charge is 0.366 e. The zero-order valence-corrected chi connectivity index (χ0v) is 20.2. The van der Waals surface area contributed by atoms with Crippen molar-refractivity contribution in [3.8, 4) is 0 Å². The van der Waals surface area contributed by atoms with Gasteiger partial charge in [0.05, 0.1) is 11.0 Å². The minimum Gasteiger partial charge on any atom is -0.366 e. The molecule has 0 saturated heterocycles. The number of rotatable bonds is 5. The van der Waals surface area contributed by atoms with Crippen LogP contribution in [0.25, 0.3) is 11.0 Å². The Kier molecular flexibility index (Phi) is 5.78. The van der Waals surface area contributed by atoms with Crippen LogP contribution in [0.2, 0.25) is 0 Å². The van der Waals surface area contributed by atoms with Gasteiger partial charge in [-0.3, -0.25) is 4.79 Å². The number of carbonyl (C=O) groups is 1. The summed E-state index contributed by atoms with van der Waals surface area (Å²) in [5.41, 5.74) is 11.5. The quantitative estimate of drug-likeness (QED) is 0.471. The van der Waals surface area contributed by atoms with Gasteiger partial charge >= 0.3 is 0 Å². The molecule has 5 heteroatoms. The zero-order chi connectivity index (χ0) is 23.2. The van der Waals surface area contributed by atoms with Crippen molar-refractivity contribution in [3.05, 3.63) is 53.1 Å². The average Bonchev–Trinajstić information content (AvgIpc) is 3.05. The summed E-state index contributed by atoms with van der Waals surface area (Å²) in [4.78, 5) is 16.9. The number of hydrogen-bond acceptors (Lipinski definition) is 3. The predicted octanol–water partition coefficient (Wildman–Crippen LogP) is 6.70. The van der Waals surface area contributed by atoms with Gasteiger partial charge in [-0.1, -0.05) is 46.8 Å². The van der Waals surface area contributed by atoms with Crippen LogP contribution in [0.4, 0.5) is 11.6 Å². The Bertz CT molecular complexity index is 1140. The van der Waals surface area contributed by atoms with Crippen molar-refractivity contribution in [1.29, 1.82) is 0 Å². The first-order chi connectivity index (χ1) is 15.1. The summed E-state index contributed by atoms with van der Waals surface area (Å²) in [6, 6.07) is 12.8. The molecule has 170 valence electrons. The van der Waals surface area contributed by atoms with Crippen molar-refractivity contribution in [2.45, 2.75) is 72.8 Å². The van der Waals surface area contributed by atoms with Crippen molar-refractivity contribution < 1.29 is 4.79 Å². The van der Waals surface area contributed by atoms with E-state index in [1.165, 1.54) is 12.0 Å². The summed E-state index contributed by atoms with van der Waals surface area (Å²) in [6.07, 6.45) is 3.45. The van der Waals surface area contributed by atoms with Gasteiger partial charge < -0.3 is 15.6 Å². The molecule has 1 saturated carbocycles. The lowest BCUT2D eigenvalue weighted by atomic mass is 9.70. The summed E-state index contributed by atoms with van der Waals surface area (Å²) in [5, 5.41) is 3.58. The van der Waals surface area contributed by atoms with E-state index in [-0.39, 0.29) is 5.41 Å². The van der Waals surface area contributed by atoms with E-state index in [1.54, 1.807) is 0 Å². The molecule has 1 aromatic heterocycles. The Hall–Kier alpha value is -2.82. The second kappa shape index (κ2) is 8.27. The molecule has 1 aliphatic rings. The molecule has 1 heterocycles. The van der Waals surface area contributed by atoms with Crippen molar-refractivity contribution in [2.75, 3.05) is 5.32 Å². The minimum absolute atomic E-state index is 0.275. The second-order valence-electron chi connectivity index (χ2n) is 10.7. The van der Waals surface area contributed by atoms with Crippen LogP contribution in [0.3, 0.4) is 0 Å². The summed E-state index contributed by atoms with van der Waals surface area (Å²) in [6.45, 7) is 13.4. The second-order valence-corrected chi connectivity index (χ2v) is 10.7. The highest BCUT2D eigenvalue weighted by Crippen LogP contribution is 2.46. The van der Waals surface area contributed by atoms with Crippen LogP contribution in [0.1, 0.15) is 87.3 Å². The van der Waals surface area contributed by atoms with Gasteiger partial charge in [0.2, 0.25) is 11.9 Å². The molecule has 5 nitrogen and oxygen atoms in total. The van der Waals surface area contributed by atoms with E-state index in [0.717, 1.165) is 41.1 Å². The summed E-state index contributed by atoms with van der Waals surface area (Å²) in [5.74, 6) is 1.56. The number of nitrogens with two attached hydrogens (primary N) is 1. The third-order valence-electron chi connectivity index (χ3n) is 6.94. The van der Waals surface area contributed by atoms with Crippen molar-refractivity contribution in [1.82, 2.24) is 9.55 Å². The number of nitrogens with zero attached hydrogens (tertiary/aromatic N) is 2. The lowest BCUT2D eigenvalue weighted by molar-refractivity contribution is 0.1000. The van der Waals surface area contributed by atoms with Gasteiger partial charge in [-0.05, 0) is 78.8 Å². The lowest BCUT2D eigenvalue weighted by Crippen LogP contribution is -2.29. The summed E-state index contributed by atoms with van der Waals surface area (Å²) in [7, 11) is 0. The van der Waals surface area contributed by atoms with Crippen LogP contribution in [0.5, 0.6) is 0 Å². The van der Waals surface area contributed by atoms with Crippen molar-refractivity contribution >= 4 is 28.6 Å². The fourth-order valence-corrected chi connectivity index (χ4v) is 5.59. The number of fused-ring (bicyclic) bond motifs is 1. The molecule has 3 N–H and O–H groups in total. The number of nitrogens with one attached hydrogen (secondary N) is 1. The molecule has 0 unspecified atom stereocenters. The highest BCUT2D eigenvalue weighted by atomic mass is 16.1. The number of hydrogen-bond donors (Lipinski definition) is 2. The highest BCUT2D eigenvalue weighted by Gasteiger charge is 2.35. The molecule has 32 heavy (non-hydrogen) atoms. The van der Waals surface area contributed by atoms with Gasteiger partial charge in [0, 0.05) is 17.3 Å². The van der Waals surface area contributed by atoms with Crippen LogP contribution < -0.4 is 11.1 Å². The normalized spacial score (nSPS) is 20.6. The number of imidazole rings is 1. The molecule has 1 aliphatic carbocycles. The molecule has 0 spiro atoms. The van der Waals surface area contributed by atoms with Gasteiger partial charge in [-0.2, -0.15) is 0 Å². The van der Waals surface area contributed by atoms with Crippen LogP contribution in [-0.2, 0) is 0 Å². The first-order valence-corrected chi connectivity index (χ1v) is 11.7. The molecular formula is C27H36N4O. The molecular weight excluding hydrogens is 396 g/mol. The molecule has 1 fully saturated rings. The first-order valence-electron chi connectivity index (χ1n) is 11.7. The van der Waals surface area contributed by atoms with E-state index in [1.807, 2.05) is 19.1 Å². The molecule has 0 bridgehead atoms. The Morgan fingerprint density at radius 2 is 1.84 bits per heavy atom. The molecule has 4 rings (SSSR count). The van der Waals surface area contributed by atoms with E-state index in [0.29, 0.717) is 23.4 Å². The molecule has 2 aromatic carbocycles. The number of carbonyl (C=O) groups excluding carboxylic acids is 1. The van der Waals surface area contributed by atoms with Gasteiger partial charge in [0.25, 0.3) is 0 Å². The van der Waals surface area contributed by atoms with E-state index >= 15 is 0 Å². The third-order valence-corrected chi connectivity index (χ3v) is 6.94. The lowest BCUT2D eigenvalue weighted by Gasteiger charge is -2.40. The number of amides is 1. The monoisotopic (exact) mass is 432 g/mol. The van der Waals surface area contributed by atoms with Gasteiger partial charge in [0.1, 0.15) is 0 Å². The average molecular weight is 433 g/mol. The van der Waals surface area contributed by atoms with Gasteiger partial charge in [-0.15, -0.1) is 0 Å². The first kappa shape index (κ1) is 22.4. The number of primary amides is 1. The minimum atomic E-state index is -0.412. The van der Waals surface area contributed by atoms with E-state index in [4.69, 9.17) is 10.7 Å². The molecule has 0 aliphatic heterocycles. The Morgan fingerprint density at radius 1 is 1.16 bits per heavy atom. The topological polar surface area (TPSA) is 72.9 Å². The highest BCUT2D eigenvalue weighted by molar-refractivity contribution is 5.99. The van der Waals surface area contributed by atoms with Crippen LogP contribution >= 0.6 is 0 Å². The number of aromatic nitrogens is 2.